The number of benzene rings is 1. The largest absolute Gasteiger partial charge is 0.322 e. The Morgan fingerprint density at radius 1 is 1.33 bits per heavy atom. The first-order chi connectivity index (χ1) is 9.70. The first-order valence-electron chi connectivity index (χ1n) is 7.18. The van der Waals surface area contributed by atoms with Gasteiger partial charge in [-0.1, -0.05) is 33.8 Å². The van der Waals surface area contributed by atoms with Crippen LogP contribution in [-0.4, -0.2) is 23.9 Å². The molecule has 116 valence electrons. The van der Waals surface area contributed by atoms with E-state index in [-0.39, 0.29) is 23.8 Å². The summed E-state index contributed by atoms with van der Waals surface area (Å²) < 4.78 is 26.5. The van der Waals surface area contributed by atoms with Crippen LogP contribution in [0.25, 0.3) is 0 Å². The number of nitrogens with one attached hydrogen (secondary N) is 1. The van der Waals surface area contributed by atoms with E-state index < -0.39 is 17.8 Å². The second kappa shape index (κ2) is 5.72. The molecule has 5 heteroatoms. The van der Waals surface area contributed by atoms with Gasteiger partial charge < -0.3 is 4.90 Å². The molecule has 2 unspecified atom stereocenters. The van der Waals surface area contributed by atoms with Gasteiger partial charge in [-0.25, -0.2) is 8.78 Å². The molecule has 2 atom stereocenters. The third-order valence-corrected chi connectivity index (χ3v) is 4.29. The first-order valence-corrected chi connectivity index (χ1v) is 7.18. The molecule has 0 spiro atoms. The van der Waals surface area contributed by atoms with Gasteiger partial charge in [-0.3, -0.25) is 10.1 Å². The molecular formula is C16H22F2N2O. The van der Waals surface area contributed by atoms with Crippen LogP contribution in [0.5, 0.6) is 0 Å². The molecule has 0 radical (unpaired) electrons. The number of halogens is 2. The highest BCUT2D eigenvalue weighted by Gasteiger charge is 2.34. The van der Waals surface area contributed by atoms with Gasteiger partial charge in [0.2, 0.25) is 5.91 Å². The second-order valence-corrected chi connectivity index (χ2v) is 6.77. The van der Waals surface area contributed by atoms with Crippen LogP contribution < -0.4 is 5.32 Å². The van der Waals surface area contributed by atoms with Crippen molar-refractivity contribution in [2.24, 2.45) is 11.3 Å². The molecule has 1 amide bonds. The Morgan fingerprint density at radius 2 is 2.00 bits per heavy atom. The maximum Gasteiger partial charge on any atom is 0.238 e. The molecular weight excluding hydrogens is 274 g/mol. The summed E-state index contributed by atoms with van der Waals surface area (Å²) in [6.45, 7) is 9.27. The number of rotatable bonds is 3. The smallest absolute Gasteiger partial charge is 0.238 e. The molecule has 0 bridgehead atoms. The summed E-state index contributed by atoms with van der Waals surface area (Å²) in [5.41, 5.74) is 0.641. The van der Waals surface area contributed by atoms with Crippen LogP contribution in [0.4, 0.5) is 8.78 Å². The number of carbonyl (C=O) groups is 1. The van der Waals surface area contributed by atoms with E-state index in [0.29, 0.717) is 12.1 Å². The molecule has 1 aromatic carbocycles. The Hall–Kier alpha value is -1.49. The lowest BCUT2D eigenvalue weighted by molar-refractivity contribution is -0.129. The average Bonchev–Trinajstić information content (AvgIpc) is 2.73. The average molecular weight is 296 g/mol. The molecule has 0 aromatic heterocycles. The molecule has 0 aliphatic carbocycles. The molecule has 3 nitrogen and oxygen atoms in total. The maximum absolute atomic E-state index is 13.4. The highest BCUT2D eigenvalue weighted by atomic mass is 19.2. The fraction of sp³-hybridized carbons (Fsp3) is 0.562. The van der Waals surface area contributed by atoms with Crippen molar-refractivity contribution in [2.45, 2.75) is 33.9 Å². The van der Waals surface area contributed by atoms with Crippen LogP contribution in [0.2, 0.25) is 0 Å². The van der Waals surface area contributed by atoms with Crippen molar-refractivity contribution in [3.05, 3.63) is 35.4 Å². The van der Waals surface area contributed by atoms with Crippen molar-refractivity contribution < 1.29 is 13.6 Å². The van der Waals surface area contributed by atoms with Crippen molar-refractivity contribution in [2.75, 3.05) is 13.1 Å². The second-order valence-electron chi connectivity index (χ2n) is 6.77. The van der Waals surface area contributed by atoms with Crippen molar-refractivity contribution in [3.63, 3.8) is 0 Å². The minimum Gasteiger partial charge on any atom is -0.322 e. The quantitative estimate of drug-likeness (QED) is 0.929. The number of nitrogens with zero attached hydrogens (tertiary/aromatic N) is 1. The molecule has 1 saturated heterocycles. The lowest BCUT2D eigenvalue weighted by atomic mass is 9.81. The first kappa shape index (κ1) is 15.9. The number of carbonyl (C=O) groups excluding carboxylic acids is 1. The van der Waals surface area contributed by atoms with E-state index >= 15 is 0 Å². The maximum atomic E-state index is 13.4. The van der Waals surface area contributed by atoms with E-state index in [1.807, 2.05) is 0 Å². The van der Waals surface area contributed by atoms with Gasteiger partial charge >= 0.3 is 0 Å². The summed E-state index contributed by atoms with van der Waals surface area (Å²) in [6.07, 6.45) is -0.391. The van der Waals surface area contributed by atoms with Gasteiger partial charge in [-0.05, 0) is 29.0 Å². The van der Waals surface area contributed by atoms with Crippen molar-refractivity contribution in [3.8, 4) is 0 Å². The number of hydrogen-bond acceptors (Lipinski definition) is 2. The van der Waals surface area contributed by atoms with Crippen LogP contribution >= 0.6 is 0 Å². The van der Waals surface area contributed by atoms with Crippen LogP contribution in [0, 0.1) is 23.0 Å². The fourth-order valence-electron chi connectivity index (χ4n) is 2.30. The van der Waals surface area contributed by atoms with Crippen LogP contribution in [0.15, 0.2) is 18.2 Å². The fourth-order valence-corrected chi connectivity index (χ4v) is 2.30. The Labute approximate surface area is 124 Å². The van der Waals surface area contributed by atoms with Crippen molar-refractivity contribution >= 4 is 5.91 Å². The zero-order valence-corrected chi connectivity index (χ0v) is 12.9. The van der Waals surface area contributed by atoms with E-state index in [2.05, 4.69) is 33.0 Å². The Morgan fingerprint density at radius 3 is 2.57 bits per heavy atom. The molecule has 21 heavy (non-hydrogen) atoms. The summed E-state index contributed by atoms with van der Waals surface area (Å²) in [6, 6.07) is 3.77. The summed E-state index contributed by atoms with van der Waals surface area (Å²) >= 11 is 0. The van der Waals surface area contributed by atoms with E-state index in [9.17, 15) is 13.6 Å². The summed E-state index contributed by atoms with van der Waals surface area (Å²) in [5.74, 6) is -1.50. The molecule has 1 aliphatic heterocycles. The van der Waals surface area contributed by atoms with Crippen molar-refractivity contribution in [1.29, 1.82) is 0 Å². The van der Waals surface area contributed by atoms with Crippen molar-refractivity contribution in [1.82, 2.24) is 10.2 Å². The molecule has 0 saturated carbocycles. The highest BCUT2D eigenvalue weighted by Crippen LogP contribution is 2.30. The summed E-state index contributed by atoms with van der Waals surface area (Å²) in [5, 5.41) is 3.06. The van der Waals surface area contributed by atoms with Crippen LogP contribution in [-0.2, 0) is 4.79 Å². The zero-order chi connectivity index (χ0) is 15.8. The monoisotopic (exact) mass is 296 g/mol. The van der Waals surface area contributed by atoms with Gasteiger partial charge in [0.1, 0.15) is 6.17 Å². The SMILES string of the molecule is CC(CN1C(=O)CNC1c1ccc(F)c(F)c1)C(C)(C)C. The molecule has 1 heterocycles. The normalized spacial score (nSPS) is 21.0. The lowest BCUT2D eigenvalue weighted by Crippen LogP contribution is -2.37. The molecule has 1 N–H and O–H groups in total. The van der Waals surface area contributed by atoms with Gasteiger partial charge in [0, 0.05) is 6.54 Å². The lowest BCUT2D eigenvalue weighted by Gasteiger charge is -2.33. The molecule has 1 aliphatic rings. The Balaban J connectivity index is 2.22. The van der Waals surface area contributed by atoms with Crippen LogP contribution in [0.1, 0.15) is 39.4 Å². The molecule has 1 fully saturated rings. The van der Waals surface area contributed by atoms with E-state index in [1.165, 1.54) is 6.07 Å². The Bertz CT molecular complexity index is 540. The van der Waals surface area contributed by atoms with Gasteiger partial charge in [-0.2, -0.15) is 0 Å². The van der Waals surface area contributed by atoms with Crippen LogP contribution in [0.3, 0.4) is 0 Å². The van der Waals surface area contributed by atoms with Gasteiger partial charge in [0.15, 0.2) is 11.6 Å². The number of hydrogen-bond donors (Lipinski definition) is 1. The topological polar surface area (TPSA) is 32.3 Å². The Kier molecular flexibility index (Phi) is 4.33. The van der Waals surface area contributed by atoms with Gasteiger partial charge in [-0.15, -0.1) is 0 Å². The minimum atomic E-state index is -0.891. The summed E-state index contributed by atoms with van der Waals surface area (Å²) in [7, 11) is 0. The standard InChI is InChI=1S/C16H22F2N2O/c1-10(16(2,3)4)9-20-14(21)8-19-15(20)11-5-6-12(17)13(18)7-11/h5-7,10,15,19H,8-9H2,1-4H3. The highest BCUT2D eigenvalue weighted by molar-refractivity contribution is 5.81. The van der Waals surface area contributed by atoms with E-state index in [0.717, 1.165) is 12.1 Å². The van der Waals surface area contributed by atoms with E-state index in [4.69, 9.17) is 0 Å². The zero-order valence-electron chi connectivity index (χ0n) is 12.9. The predicted molar refractivity (Wildman–Crippen MR) is 77.4 cm³/mol. The molecule has 1 aromatic rings. The van der Waals surface area contributed by atoms with E-state index in [1.54, 1.807) is 4.90 Å². The van der Waals surface area contributed by atoms with Gasteiger partial charge in [0.25, 0.3) is 0 Å². The number of amides is 1. The predicted octanol–water partition coefficient (Wildman–Crippen LogP) is 3.08. The minimum absolute atomic E-state index is 0.0131. The third-order valence-electron chi connectivity index (χ3n) is 4.29. The van der Waals surface area contributed by atoms with Gasteiger partial charge in [0.05, 0.1) is 6.54 Å². The summed E-state index contributed by atoms with van der Waals surface area (Å²) in [4.78, 5) is 13.8. The molecule has 2 rings (SSSR count). The third kappa shape index (κ3) is 3.40.